The van der Waals surface area contributed by atoms with Gasteiger partial charge in [0.2, 0.25) is 5.56 Å². The molecule has 0 bridgehead atoms. The molecule has 1 aromatic heterocycles. The third-order valence-electron chi connectivity index (χ3n) is 0.681. The van der Waals surface area contributed by atoms with Gasteiger partial charge in [-0.1, -0.05) is 19.9 Å². The Labute approximate surface area is 67.6 Å². The molecule has 0 aliphatic rings. The number of nitrogens with one attached hydrogen (secondary N) is 1. The Morgan fingerprint density at radius 2 is 1.82 bits per heavy atom. The normalized spacial score (nSPS) is 6.36. The Bertz CT molecular complexity index is 187. The molecule has 1 N–H and O–H groups in total. The first-order valence-corrected chi connectivity index (χ1v) is 3.53. The molecule has 0 radical (unpaired) electrons. The molecule has 0 fully saturated rings. The molecule has 1 rings (SSSR count). The first-order valence-electron chi connectivity index (χ1n) is 3.53. The fourth-order valence-electron chi connectivity index (χ4n) is 0.377. The zero-order valence-electron chi connectivity index (χ0n) is 7.13. The van der Waals surface area contributed by atoms with E-state index >= 15 is 0 Å². The highest BCUT2D eigenvalue weighted by molar-refractivity contribution is 4.89. The average molecular weight is 153 g/mol. The minimum Gasteiger partial charge on any atom is -0.329 e. The van der Waals surface area contributed by atoms with Gasteiger partial charge in [0.1, 0.15) is 0 Å². The maximum atomic E-state index is 10.2. The number of hydrogen-bond donors (Lipinski definition) is 1. The van der Waals surface area contributed by atoms with Gasteiger partial charge in [0.15, 0.2) is 0 Å². The van der Waals surface area contributed by atoms with Crippen molar-refractivity contribution in [1.82, 2.24) is 4.98 Å². The van der Waals surface area contributed by atoms with Crippen LogP contribution in [-0.4, -0.2) is 4.98 Å². The lowest BCUT2D eigenvalue weighted by Gasteiger charge is -1.73. The maximum Gasteiger partial charge on any atom is 0.247 e. The van der Waals surface area contributed by atoms with Gasteiger partial charge in [-0.2, -0.15) is 0 Å². The Hall–Kier alpha value is -1.31. The summed E-state index contributed by atoms with van der Waals surface area (Å²) >= 11 is 0. The van der Waals surface area contributed by atoms with Gasteiger partial charge in [-0.3, -0.25) is 4.79 Å². The van der Waals surface area contributed by atoms with E-state index in [-0.39, 0.29) is 5.56 Å². The second-order valence-corrected chi connectivity index (χ2v) is 1.23. The smallest absolute Gasteiger partial charge is 0.247 e. The fraction of sp³-hybridized carbons (Fsp3) is 0.222. The fourth-order valence-corrected chi connectivity index (χ4v) is 0.377. The highest BCUT2D eigenvalue weighted by Gasteiger charge is 1.69. The standard InChI is InChI=1S/C5H5NO.C2H6.C2H4/c7-5-3-1-2-4-6-5;2*1-2/h1-4H,(H,6,7);1-2H3;1-2H2. The lowest BCUT2D eigenvalue weighted by atomic mass is 10.5. The molecule has 1 aromatic rings. The average Bonchev–Trinajstić information content (AvgIpc) is 2.13. The quantitative estimate of drug-likeness (QED) is 0.569. The Morgan fingerprint density at radius 3 is 2.00 bits per heavy atom. The summed E-state index contributed by atoms with van der Waals surface area (Å²) in [5.74, 6) is 0. The van der Waals surface area contributed by atoms with E-state index in [1.165, 1.54) is 6.07 Å². The zero-order chi connectivity index (χ0) is 9.11. The van der Waals surface area contributed by atoms with Gasteiger partial charge in [0.05, 0.1) is 0 Å². The number of aromatic amines is 1. The molecule has 62 valence electrons. The summed E-state index contributed by atoms with van der Waals surface area (Å²) in [7, 11) is 0. The lowest BCUT2D eigenvalue weighted by Crippen LogP contribution is -1.98. The van der Waals surface area contributed by atoms with Crippen LogP contribution < -0.4 is 5.56 Å². The van der Waals surface area contributed by atoms with Crippen LogP contribution in [0.5, 0.6) is 0 Å². The number of hydrogen-bond acceptors (Lipinski definition) is 1. The first kappa shape index (κ1) is 12.4. The van der Waals surface area contributed by atoms with E-state index in [4.69, 9.17) is 0 Å². The second-order valence-electron chi connectivity index (χ2n) is 1.23. The van der Waals surface area contributed by atoms with E-state index in [1.807, 2.05) is 13.8 Å². The molecule has 0 saturated heterocycles. The van der Waals surface area contributed by atoms with E-state index in [9.17, 15) is 4.79 Å². The summed E-state index contributed by atoms with van der Waals surface area (Å²) in [6.45, 7) is 10.0. The van der Waals surface area contributed by atoms with Crippen LogP contribution >= 0.6 is 0 Å². The molecule has 0 aromatic carbocycles. The van der Waals surface area contributed by atoms with Crippen LogP contribution in [0, 0.1) is 0 Å². The van der Waals surface area contributed by atoms with Gasteiger partial charge in [-0.05, 0) is 6.07 Å². The summed E-state index contributed by atoms with van der Waals surface area (Å²) in [6, 6.07) is 4.93. The maximum absolute atomic E-state index is 10.2. The number of rotatable bonds is 0. The van der Waals surface area contributed by atoms with E-state index in [2.05, 4.69) is 18.1 Å². The molecular weight excluding hydrogens is 138 g/mol. The Balaban J connectivity index is 0. The van der Waals surface area contributed by atoms with Gasteiger partial charge in [0, 0.05) is 12.3 Å². The molecule has 0 aliphatic carbocycles. The van der Waals surface area contributed by atoms with Crippen molar-refractivity contribution >= 4 is 0 Å². The highest BCUT2D eigenvalue weighted by atomic mass is 16.1. The monoisotopic (exact) mass is 153 g/mol. The van der Waals surface area contributed by atoms with Crippen molar-refractivity contribution in [1.29, 1.82) is 0 Å². The minimum absolute atomic E-state index is 0.0532. The third kappa shape index (κ3) is 8.69. The van der Waals surface area contributed by atoms with Crippen molar-refractivity contribution in [3.8, 4) is 0 Å². The van der Waals surface area contributed by atoms with E-state index in [0.717, 1.165) is 0 Å². The molecule has 0 spiro atoms. The van der Waals surface area contributed by atoms with Crippen LogP contribution in [0.1, 0.15) is 13.8 Å². The van der Waals surface area contributed by atoms with E-state index in [1.54, 1.807) is 18.3 Å². The molecule has 0 aliphatic heterocycles. The van der Waals surface area contributed by atoms with Crippen LogP contribution in [0.4, 0.5) is 0 Å². The summed E-state index contributed by atoms with van der Waals surface area (Å²) in [5.41, 5.74) is -0.0532. The molecule has 0 amide bonds. The molecule has 2 heteroatoms. The highest BCUT2D eigenvalue weighted by Crippen LogP contribution is 1.67. The van der Waals surface area contributed by atoms with E-state index < -0.39 is 0 Å². The van der Waals surface area contributed by atoms with Crippen LogP contribution in [0.2, 0.25) is 0 Å². The van der Waals surface area contributed by atoms with Crippen molar-refractivity contribution in [2.45, 2.75) is 13.8 Å². The number of H-pyrrole nitrogens is 1. The minimum atomic E-state index is -0.0532. The van der Waals surface area contributed by atoms with Crippen molar-refractivity contribution in [3.63, 3.8) is 0 Å². The molecule has 11 heavy (non-hydrogen) atoms. The van der Waals surface area contributed by atoms with Gasteiger partial charge in [-0.25, -0.2) is 0 Å². The molecule has 0 atom stereocenters. The molecule has 0 saturated carbocycles. The lowest BCUT2D eigenvalue weighted by molar-refractivity contribution is 1.24. The van der Waals surface area contributed by atoms with Crippen molar-refractivity contribution in [2.75, 3.05) is 0 Å². The van der Waals surface area contributed by atoms with Crippen LogP contribution in [-0.2, 0) is 0 Å². The predicted molar refractivity (Wildman–Crippen MR) is 49.7 cm³/mol. The van der Waals surface area contributed by atoms with Gasteiger partial charge < -0.3 is 4.98 Å². The molecule has 0 unspecified atom stereocenters. The molecule has 1 heterocycles. The van der Waals surface area contributed by atoms with Gasteiger partial charge >= 0.3 is 0 Å². The van der Waals surface area contributed by atoms with Crippen LogP contribution in [0.3, 0.4) is 0 Å². The predicted octanol–water partition coefficient (Wildman–Crippen LogP) is 2.20. The van der Waals surface area contributed by atoms with Crippen molar-refractivity contribution in [2.24, 2.45) is 0 Å². The topological polar surface area (TPSA) is 32.9 Å². The zero-order valence-corrected chi connectivity index (χ0v) is 7.13. The number of pyridine rings is 1. The Morgan fingerprint density at radius 1 is 1.27 bits per heavy atom. The van der Waals surface area contributed by atoms with Crippen LogP contribution in [0.25, 0.3) is 0 Å². The summed E-state index contributed by atoms with van der Waals surface area (Å²) in [5, 5.41) is 0. The molecular formula is C9H15NO. The SMILES string of the molecule is C=C.CC.O=c1cccc[nH]1. The largest absolute Gasteiger partial charge is 0.329 e. The third-order valence-corrected chi connectivity index (χ3v) is 0.681. The summed E-state index contributed by atoms with van der Waals surface area (Å²) < 4.78 is 0. The first-order chi connectivity index (χ1) is 5.39. The van der Waals surface area contributed by atoms with E-state index in [0.29, 0.717) is 0 Å². The summed E-state index contributed by atoms with van der Waals surface area (Å²) in [4.78, 5) is 12.7. The molecule has 2 nitrogen and oxygen atoms in total. The second kappa shape index (κ2) is 11.5. The van der Waals surface area contributed by atoms with Crippen molar-refractivity contribution < 1.29 is 0 Å². The van der Waals surface area contributed by atoms with Crippen LogP contribution in [0.15, 0.2) is 42.3 Å². The van der Waals surface area contributed by atoms with Gasteiger partial charge in [0.25, 0.3) is 0 Å². The van der Waals surface area contributed by atoms with Gasteiger partial charge in [-0.15, -0.1) is 13.2 Å². The Kier molecular flexibility index (Phi) is 12.9. The number of aromatic nitrogens is 1. The van der Waals surface area contributed by atoms with Crippen molar-refractivity contribution in [3.05, 3.63) is 47.9 Å². The summed E-state index contributed by atoms with van der Waals surface area (Å²) in [6.07, 6.45) is 1.60.